The standard InChI is InChI=1S/C20H26FN3O5/c1-20(2,3)29-18(26)22-17-13-7-23(8-14(13)17)16-5-4-11(6-15(16)21)24-12(9-25)10-28-19(24)27/h4-6,12-14,17,25H,7-10H2,1-3H3,(H,22,26)/t12-,13-,14+,17?/m1/s1. The molecule has 29 heavy (non-hydrogen) atoms. The molecule has 2 amide bonds. The van der Waals surface area contributed by atoms with E-state index in [1.807, 2.05) is 25.7 Å². The second-order valence-corrected chi connectivity index (χ2v) is 8.82. The Morgan fingerprint density at radius 3 is 2.62 bits per heavy atom. The maximum Gasteiger partial charge on any atom is 0.414 e. The van der Waals surface area contributed by atoms with Gasteiger partial charge in [0.15, 0.2) is 0 Å². The molecule has 1 saturated carbocycles. The van der Waals surface area contributed by atoms with E-state index in [4.69, 9.17) is 9.47 Å². The molecule has 1 unspecified atom stereocenters. The highest BCUT2D eigenvalue weighted by atomic mass is 19.1. The lowest BCUT2D eigenvalue weighted by Crippen LogP contribution is -2.38. The number of anilines is 2. The third-order valence-corrected chi connectivity index (χ3v) is 5.60. The topological polar surface area (TPSA) is 91.3 Å². The number of hydrogen-bond acceptors (Lipinski definition) is 6. The fourth-order valence-electron chi connectivity index (χ4n) is 4.19. The Morgan fingerprint density at radius 1 is 1.34 bits per heavy atom. The molecule has 9 heteroatoms. The number of rotatable bonds is 4. The average molecular weight is 407 g/mol. The summed E-state index contributed by atoms with van der Waals surface area (Å²) < 4.78 is 25.0. The van der Waals surface area contributed by atoms with Crippen LogP contribution in [0.15, 0.2) is 18.2 Å². The lowest BCUT2D eigenvalue weighted by molar-refractivity contribution is 0.0518. The van der Waals surface area contributed by atoms with E-state index in [9.17, 15) is 19.1 Å². The van der Waals surface area contributed by atoms with Crippen molar-refractivity contribution in [1.29, 1.82) is 0 Å². The first-order chi connectivity index (χ1) is 13.7. The number of halogens is 1. The number of aliphatic hydroxyl groups is 1. The fraction of sp³-hybridized carbons (Fsp3) is 0.600. The van der Waals surface area contributed by atoms with Crippen molar-refractivity contribution in [3.8, 4) is 0 Å². The van der Waals surface area contributed by atoms with Crippen molar-refractivity contribution in [3.05, 3.63) is 24.0 Å². The van der Waals surface area contributed by atoms with E-state index < -0.39 is 29.6 Å². The number of cyclic esters (lactones) is 1. The molecule has 3 aliphatic rings. The normalized spacial score (nSPS) is 28.2. The molecule has 8 nitrogen and oxygen atoms in total. The average Bonchev–Trinajstić information content (AvgIpc) is 2.98. The van der Waals surface area contributed by atoms with Gasteiger partial charge >= 0.3 is 12.2 Å². The fourth-order valence-corrected chi connectivity index (χ4v) is 4.19. The Morgan fingerprint density at radius 2 is 2.03 bits per heavy atom. The summed E-state index contributed by atoms with van der Waals surface area (Å²) in [6, 6.07) is 4.16. The molecule has 1 aliphatic carbocycles. The van der Waals surface area contributed by atoms with Gasteiger partial charge in [0.05, 0.1) is 24.0 Å². The monoisotopic (exact) mass is 407 g/mol. The number of fused-ring (bicyclic) bond motifs is 1. The lowest BCUT2D eigenvalue weighted by atomic mass is 10.2. The molecule has 4 atom stereocenters. The van der Waals surface area contributed by atoms with Gasteiger partial charge in [-0.25, -0.2) is 14.0 Å². The first-order valence-corrected chi connectivity index (χ1v) is 9.79. The molecule has 1 aromatic rings. The maximum atomic E-state index is 14.8. The highest BCUT2D eigenvalue weighted by Gasteiger charge is 2.57. The number of piperidine rings is 1. The number of nitrogens with one attached hydrogen (secondary N) is 1. The molecule has 0 radical (unpaired) electrons. The maximum absolute atomic E-state index is 14.8. The van der Waals surface area contributed by atoms with Crippen molar-refractivity contribution in [3.63, 3.8) is 0 Å². The van der Waals surface area contributed by atoms with Gasteiger partial charge in [-0.05, 0) is 39.0 Å². The molecule has 4 rings (SSSR count). The molecule has 0 bridgehead atoms. The van der Waals surface area contributed by atoms with E-state index in [2.05, 4.69) is 5.32 Å². The minimum absolute atomic E-state index is 0.0631. The first kappa shape index (κ1) is 19.8. The van der Waals surface area contributed by atoms with E-state index in [1.54, 1.807) is 12.1 Å². The van der Waals surface area contributed by atoms with Crippen LogP contribution in [0.25, 0.3) is 0 Å². The smallest absolute Gasteiger partial charge is 0.414 e. The van der Waals surface area contributed by atoms with Crippen LogP contribution < -0.4 is 15.1 Å². The largest absolute Gasteiger partial charge is 0.447 e. The Bertz CT molecular complexity index is 815. The van der Waals surface area contributed by atoms with Crippen LogP contribution in [0.4, 0.5) is 25.4 Å². The number of carbonyl (C=O) groups excluding carboxylic acids is 2. The van der Waals surface area contributed by atoms with E-state index in [-0.39, 0.29) is 31.1 Å². The Hall–Kier alpha value is -2.55. The van der Waals surface area contributed by atoms with Crippen LogP contribution in [0.5, 0.6) is 0 Å². The summed E-state index contributed by atoms with van der Waals surface area (Å²) in [5, 5.41) is 12.3. The van der Waals surface area contributed by atoms with Gasteiger partial charge in [-0.2, -0.15) is 0 Å². The van der Waals surface area contributed by atoms with Crippen molar-refractivity contribution in [1.82, 2.24) is 5.32 Å². The predicted octanol–water partition coefficient (Wildman–Crippen LogP) is 2.10. The summed E-state index contributed by atoms with van der Waals surface area (Å²) in [6.07, 6.45) is -1.01. The van der Waals surface area contributed by atoms with Crippen molar-refractivity contribution in [2.75, 3.05) is 36.1 Å². The van der Waals surface area contributed by atoms with E-state index in [0.717, 1.165) is 0 Å². The third kappa shape index (κ3) is 3.83. The summed E-state index contributed by atoms with van der Waals surface area (Å²) in [5.41, 5.74) is 0.286. The minimum Gasteiger partial charge on any atom is -0.447 e. The van der Waals surface area contributed by atoms with Gasteiger partial charge in [-0.15, -0.1) is 0 Å². The molecule has 158 valence electrons. The zero-order chi connectivity index (χ0) is 20.9. The Balaban J connectivity index is 1.37. The van der Waals surface area contributed by atoms with Gasteiger partial charge in [0.2, 0.25) is 0 Å². The SMILES string of the molecule is CC(C)(C)OC(=O)NC1[C@H]2CN(c3ccc(N4C(=O)OC[C@H]4CO)cc3F)C[C@@H]12. The zero-order valence-corrected chi connectivity index (χ0v) is 16.7. The van der Waals surface area contributed by atoms with Crippen LogP contribution in [-0.4, -0.2) is 61.3 Å². The first-order valence-electron chi connectivity index (χ1n) is 9.79. The Labute approximate surface area is 168 Å². The van der Waals surface area contributed by atoms with Gasteiger partial charge in [0, 0.05) is 31.0 Å². The predicted molar refractivity (Wildman–Crippen MR) is 103 cm³/mol. The van der Waals surface area contributed by atoms with Crippen molar-refractivity contribution >= 4 is 23.6 Å². The van der Waals surface area contributed by atoms with E-state index in [0.29, 0.717) is 24.5 Å². The highest BCUT2D eigenvalue weighted by Crippen LogP contribution is 2.47. The number of carbonyl (C=O) groups is 2. The van der Waals surface area contributed by atoms with Crippen molar-refractivity contribution < 1.29 is 28.6 Å². The van der Waals surface area contributed by atoms with E-state index in [1.165, 1.54) is 11.0 Å². The summed E-state index contributed by atoms with van der Waals surface area (Å²) >= 11 is 0. The number of ether oxygens (including phenoxy) is 2. The van der Waals surface area contributed by atoms with Gasteiger partial charge < -0.3 is 24.8 Å². The van der Waals surface area contributed by atoms with Crippen LogP contribution in [0.3, 0.4) is 0 Å². The molecule has 2 saturated heterocycles. The van der Waals surface area contributed by atoms with Crippen LogP contribution in [-0.2, 0) is 9.47 Å². The van der Waals surface area contributed by atoms with Gasteiger partial charge in [0.25, 0.3) is 0 Å². The van der Waals surface area contributed by atoms with Gasteiger partial charge in [-0.3, -0.25) is 4.90 Å². The molecular formula is C20H26FN3O5. The van der Waals surface area contributed by atoms with Crippen LogP contribution in [0.1, 0.15) is 20.8 Å². The second-order valence-electron chi connectivity index (χ2n) is 8.82. The molecule has 2 aliphatic heterocycles. The number of benzene rings is 1. The number of hydrogen-bond donors (Lipinski definition) is 2. The van der Waals surface area contributed by atoms with Crippen LogP contribution in [0, 0.1) is 17.7 Å². The summed E-state index contributed by atoms with van der Waals surface area (Å²) in [6.45, 7) is 6.58. The third-order valence-electron chi connectivity index (χ3n) is 5.60. The zero-order valence-electron chi connectivity index (χ0n) is 16.7. The van der Waals surface area contributed by atoms with E-state index >= 15 is 0 Å². The lowest BCUT2D eigenvalue weighted by Gasteiger charge is -2.25. The number of alkyl carbamates (subject to hydrolysis) is 1. The van der Waals surface area contributed by atoms with Gasteiger partial charge in [-0.1, -0.05) is 0 Å². The molecule has 3 fully saturated rings. The molecule has 0 spiro atoms. The summed E-state index contributed by atoms with van der Waals surface area (Å²) in [7, 11) is 0. The summed E-state index contributed by atoms with van der Waals surface area (Å²) in [5.74, 6) is 0.111. The molecular weight excluding hydrogens is 381 g/mol. The number of aliphatic hydroxyl groups excluding tert-OH is 1. The van der Waals surface area contributed by atoms with Crippen LogP contribution in [0.2, 0.25) is 0 Å². The Kier molecular flexibility index (Phi) is 4.80. The molecule has 2 N–H and O–H groups in total. The minimum atomic E-state index is -0.588. The van der Waals surface area contributed by atoms with Crippen molar-refractivity contribution in [2.24, 2.45) is 11.8 Å². The highest BCUT2D eigenvalue weighted by molar-refractivity contribution is 5.90. The molecule has 0 aromatic heterocycles. The van der Waals surface area contributed by atoms with Crippen molar-refractivity contribution in [2.45, 2.75) is 38.5 Å². The molecule has 1 aromatic carbocycles. The van der Waals surface area contributed by atoms with Crippen LogP contribution >= 0.6 is 0 Å². The quantitative estimate of drug-likeness (QED) is 0.794. The van der Waals surface area contributed by atoms with Gasteiger partial charge in [0.1, 0.15) is 18.0 Å². The number of nitrogens with zero attached hydrogens (tertiary/aromatic N) is 2. The second kappa shape index (κ2) is 7.05. The molecule has 2 heterocycles. The number of amides is 2. The summed E-state index contributed by atoms with van der Waals surface area (Å²) in [4.78, 5) is 27.0.